The lowest BCUT2D eigenvalue weighted by atomic mass is 10.4. The third-order valence-electron chi connectivity index (χ3n) is 2.31. The Labute approximate surface area is 136 Å². The molecule has 12 heteroatoms. The number of ether oxygens (including phenoxy) is 3. The molecule has 1 atom stereocenters. The SMILES string of the molecule is CC(COS(=O)(=O)CCOCCOCCO)OCCS(=O)(=O)O. The van der Waals surface area contributed by atoms with Crippen LogP contribution in [0, 0.1) is 0 Å². The molecule has 2 N–H and O–H groups in total. The van der Waals surface area contributed by atoms with Gasteiger partial charge in [0.15, 0.2) is 0 Å². The summed E-state index contributed by atoms with van der Waals surface area (Å²) in [6.45, 7) is 1.46. The lowest BCUT2D eigenvalue weighted by Gasteiger charge is -2.13. The molecule has 0 saturated heterocycles. The monoisotopic (exact) mass is 380 g/mol. The molecule has 0 aromatic carbocycles. The van der Waals surface area contributed by atoms with Crippen molar-refractivity contribution in [2.75, 3.05) is 57.8 Å². The number of hydrogen-bond acceptors (Lipinski definition) is 9. The zero-order chi connectivity index (χ0) is 17.8. The highest BCUT2D eigenvalue weighted by atomic mass is 32.2. The Morgan fingerprint density at radius 3 is 2.09 bits per heavy atom. The average Bonchev–Trinajstić information content (AvgIpc) is 2.43. The molecule has 140 valence electrons. The molecule has 0 aliphatic carbocycles. The number of hydrogen-bond donors (Lipinski definition) is 2. The van der Waals surface area contributed by atoms with Crippen LogP contribution in [0.4, 0.5) is 0 Å². The zero-order valence-corrected chi connectivity index (χ0v) is 14.6. The summed E-state index contributed by atoms with van der Waals surface area (Å²) in [6, 6.07) is 0. The molecule has 0 radical (unpaired) electrons. The molecule has 0 fully saturated rings. The van der Waals surface area contributed by atoms with Gasteiger partial charge in [-0.15, -0.1) is 0 Å². The molecular weight excluding hydrogens is 356 g/mol. The Morgan fingerprint density at radius 1 is 0.913 bits per heavy atom. The van der Waals surface area contributed by atoms with Crippen molar-refractivity contribution in [2.45, 2.75) is 13.0 Å². The van der Waals surface area contributed by atoms with Crippen molar-refractivity contribution >= 4 is 20.2 Å². The van der Waals surface area contributed by atoms with Crippen LogP contribution in [0.25, 0.3) is 0 Å². The smallest absolute Gasteiger partial charge is 0.269 e. The van der Waals surface area contributed by atoms with Crippen LogP contribution >= 0.6 is 0 Å². The van der Waals surface area contributed by atoms with Crippen molar-refractivity contribution in [3.8, 4) is 0 Å². The Hall–Kier alpha value is -0.340. The van der Waals surface area contributed by atoms with E-state index >= 15 is 0 Å². The van der Waals surface area contributed by atoms with E-state index in [2.05, 4.69) is 0 Å². The predicted molar refractivity (Wildman–Crippen MR) is 80.3 cm³/mol. The zero-order valence-electron chi connectivity index (χ0n) is 12.9. The first-order valence-corrected chi connectivity index (χ1v) is 10.0. The molecule has 0 aromatic rings. The van der Waals surface area contributed by atoms with E-state index < -0.39 is 32.1 Å². The second kappa shape index (κ2) is 12.1. The van der Waals surface area contributed by atoms with Crippen molar-refractivity contribution < 1.29 is 44.9 Å². The summed E-state index contributed by atoms with van der Waals surface area (Å²) in [4.78, 5) is 0. The van der Waals surface area contributed by atoms with Crippen molar-refractivity contribution in [3.63, 3.8) is 0 Å². The molecular formula is C11H24O10S2. The van der Waals surface area contributed by atoms with Gasteiger partial charge in [-0.05, 0) is 6.92 Å². The molecule has 0 amide bonds. The largest absolute Gasteiger partial charge is 0.394 e. The molecule has 0 bridgehead atoms. The van der Waals surface area contributed by atoms with E-state index in [1.807, 2.05) is 0 Å². The fourth-order valence-corrected chi connectivity index (χ4v) is 2.35. The second-order valence-corrected chi connectivity index (χ2v) is 7.79. The molecule has 1 unspecified atom stereocenters. The maximum absolute atomic E-state index is 11.5. The van der Waals surface area contributed by atoms with Crippen LogP contribution in [-0.4, -0.2) is 90.4 Å². The van der Waals surface area contributed by atoms with E-state index in [0.29, 0.717) is 0 Å². The topological polar surface area (TPSA) is 146 Å². The van der Waals surface area contributed by atoms with Gasteiger partial charge in [0, 0.05) is 0 Å². The van der Waals surface area contributed by atoms with Gasteiger partial charge in [-0.2, -0.15) is 16.8 Å². The highest BCUT2D eigenvalue weighted by Crippen LogP contribution is 2.00. The first kappa shape index (κ1) is 22.7. The van der Waals surface area contributed by atoms with Crippen molar-refractivity contribution in [1.82, 2.24) is 0 Å². The first-order valence-electron chi connectivity index (χ1n) is 6.86. The van der Waals surface area contributed by atoms with Gasteiger partial charge in [0.2, 0.25) is 0 Å². The Balaban J connectivity index is 3.74. The van der Waals surface area contributed by atoms with Gasteiger partial charge in [-0.1, -0.05) is 0 Å². The molecule has 0 heterocycles. The number of aliphatic hydroxyl groups is 1. The van der Waals surface area contributed by atoms with Gasteiger partial charge >= 0.3 is 0 Å². The first-order chi connectivity index (χ1) is 10.7. The van der Waals surface area contributed by atoms with E-state index in [4.69, 9.17) is 28.1 Å². The molecule has 23 heavy (non-hydrogen) atoms. The third kappa shape index (κ3) is 16.3. The van der Waals surface area contributed by atoms with Crippen LogP contribution in [0.15, 0.2) is 0 Å². The highest BCUT2D eigenvalue weighted by Gasteiger charge is 2.14. The van der Waals surface area contributed by atoms with Crippen molar-refractivity contribution in [3.05, 3.63) is 0 Å². The maximum atomic E-state index is 11.5. The van der Waals surface area contributed by atoms with E-state index in [-0.39, 0.29) is 52.0 Å². The minimum atomic E-state index is -4.11. The van der Waals surface area contributed by atoms with Gasteiger partial charge in [-0.25, -0.2) is 0 Å². The van der Waals surface area contributed by atoms with Crippen LogP contribution in [0.5, 0.6) is 0 Å². The quantitative estimate of drug-likeness (QED) is 0.199. The number of aliphatic hydroxyl groups excluding tert-OH is 1. The highest BCUT2D eigenvalue weighted by molar-refractivity contribution is 7.86. The molecule has 0 aliphatic heterocycles. The van der Waals surface area contributed by atoms with Gasteiger partial charge in [0.05, 0.1) is 63.9 Å². The summed E-state index contributed by atoms with van der Waals surface area (Å²) in [6.07, 6.45) is -0.653. The van der Waals surface area contributed by atoms with E-state index in [0.717, 1.165) is 0 Å². The maximum Gasteiger partial charge on any atom is 0.269 e. The second-order valence-electron chi connectivity index (χ2n) is 4.46. The molecule has 0 aliphatic rings. The predicted octanol–water partition coefficient (Wildman–Crippen LogP) is -1.35. The van der Waals surface area contributed by atoms with Crippen LogP contribution in [0.2, 0.25) is 0 Å². The number of rotatable bonds is 15. The minimum Gasteiger partial charge on any atom is -0.394 e. The summed E-state index contributed by atoms with van der Waals surface area (Å²) in [5.41, 5.74) is 0. The van der Waals surface area contributed by atoms with E-state index in [9.17, 15) is 16.8 Å². The van der Waals surface area contributed by atoms with Gasteiger partial charge < -0.3 is 19.3 Å². The van der Waals surface area contributed by atoms with Crippen molar-refractivity contribution in [2.24, 2.45) is 0 Å². The Bertz CT molecular complexity index is 487. The lowest BCUT2D eigenvalue weighted by Crippen LogP contribution is -2.24. The summed E-state index contributed by atoms with van der Waals surface area (Å²) in [5.74, 6) is -0.916. The molecule has 0 spiro atoms. The van der Waals surface area contributed by atoms with Crippen LogP contribution in [0.3, 0.4) is 0 Å². The average molecular weight is 380 g/mol. The van der Waals surface area contributed by atoms with Gasteiger partial charge in [-0.3, -0.25) is 8.74 Å². The lowest BCUT2D eigenvalue weighted by molar-refractivity contribution is 0.0348. The molecule has 10 nitrogen and oxygen atoms in total. The fourth-order valence-electron chi connectivity index (χ4n) is 1.21. The van der Waals surface area contributed by atoms with Crippen LogP contribution in [-0.2, 0) is 38.6 Å². The minimum absolute atomic E-state index is 0.0667. The Kier molecular flexibility index (Phi) is 11.9. The fraction of sp³-hybridized carbons (Fsp3) is 1.00. The third-order valence-corrected chi connectivity index (χ3v) is 4.16. The summed E-state index contributed by atoms with van der Waals surface area (Å²) in [7, 11) is -7.89. The summed E-state index contributed by atoms with van der Waals surface area (Å²) < 4.78 is 72.2. The van der Waals surface area contributed by atoms with E-state index in [1.54, 1.807) is 0 Å². The van der Waals surface area contributed by atoms with E-state index in [1.165, 1.54) is 6.92 Å². The Morgan fingerprint density at radius 2 is 1.52 bits per heavy atom. The normalized spacial score (nSPS) is 14.0. The molecule has 0 aromatic heterocycles. The molecule has 0 rings (SSSR count). The summed E-state index contributed by atoms with van der Waals surface area (Å²) in [5, 5.41) is 8.46. The van der Waals surface area contributed by atoms with Crippen molar-refractivity contribution in [1.29, 1.82) is 0 Å². The van der Waals surface area contributed by atoms with Crippen LogP contribution < -0.4 is 0 Å². The standard InChI is InChI=1S/C11H24O10S2/c1-11(20-7-8-22(13,14)15)10-21-23(16,17)9-6-19-5-4-18-3-2-12/h11-12H,2-10H2,1H3,(H,13,14,15). The van der Waals surface area contributed by atoms with Crippen LogP contribution in [0.1, 0.15) is 6.92 Å². The van der Waals surface area contributed by atoms with Gasteiger partial charge in [0.25, 0.3) is 20.2 Å². The van der Waals surface area contributed by atoms with Gasteiger partial charge in [0.1, 0.15) is 0 Å². The summed E-state index contributed by atoms with van der Waals surface area (Å²) >= 11 is 0. The molecule has 0 saturated carbocycles.